The molecule has 0 spiro atoms. The molecule has 2 rings (SSSR count). The van der Waals surface area contributed by atoms with Crippen LogP contribution in [0.3, 0.4) is 0 Å². The number of nitrogens with zero attached hydrogens (tertiary/aromatic N) is 2. The summed E-state index contributed by atoms with van der Waals surface area (Å²) in [5, 5.41) is 0.423. The predicted molar refractivity (Wildman–Crippen MR) is 126 cm³/mol. The minimum Gasteiger partial charge on any atom is -0.427 e. The SMILES string of the molecule is CC(C)CC(C(=O)OCOC(=O)N(C)[C@]1(c2ccccc2Cl)CCCCC1=O)N(C)C.Cl. The van der Waals surface area contributed by atoms with Gasteiger partial charge in [0.1, 0.15) is 11.6 Å². The van der Waals surface area contributed by atoms with Gasteiger partial charge < -0.3 is 9.47 Å². The maximum Gasteiger partial charge on any atom is 0.413 e. The Kier molecular flexibility index (Phi) is 10.9. The Morgan fingerprint density at radius 1 is 1.12 bits per heavy atom. The van der Waals surface area contributed by atoms with Crippen LogP contribution < -0.4 is 0 Å². The van der Waals surface area contributed by atoms with Crippen LogP contribution >= 0.6 is 24.0 Å². The van der Waals surface area contributed by atoms with E-state index in [4.69, 9.17) is 21.1 Å². The monoisotopic (exact) mass is 488 g/mol. The number of hydrogen-bond donors (Lipinski definition) is 0. The molecule has 1 saturated carbocycles. The van der Waals surface area contributed by atoms with Crippen LogP contribution in [0.1, 0.15) is 51.5 Å². The predicted octanol–water partition coefficient (Wildman–Crippen LogP) is 4.65. The molecule has 0 N–H and O–H groups in total. The molecular weight excluding hydrogens is 455 g/mol. The smallest absolute Gasteiger partial charge is 0.413 e. The van der Waals surface area contributed by atoms with Crippen LogP contribution in [0.2, 0.25) is 5.02 Å². The van der Waals surface area contributed by atoms with Crippen molar-refractivity contribution in [1.29, 1.82) is 0 Å². The Bertz CT molecular complexity index is 802. The number of hydrogen-bond acceptors (Lipinski definition) is 6. The number of halogens is 2. The number of rotatable bonds is 8. The molecule has 32 heavy (non-hydrogen) atoms. The fraction of sp³-hybridized carbons (Fsp3) is 0.609. The summed E-state index contributed by atoms with van der Waals surface area (Å²) in [4.78, 5) is 41.4. The van der Waals surface area contributed by atoms with Crippen LogP contribution in [-0.4, -0.2) is 61.6 Å². The lowest BCUT2D eigenvalue weighted by Gasteiger charge is -2.43. The van der Waals surface area contributed by atoms with Gasteiger partial charge in [0.25, 0.3) is 0 Å². The second-order valence-electron chi connectivity index (χ2n) is 8.63. The number of ketones is 1. The van der Waals surface area contributed by atoms with E-state index in [0.717, 1.165) is 12.8 Å². The van der Waals surface area contributed by atoms with Gasteiger partial charge in [-0.05, 0) is 51.8 Å². The molecule has 1 aromatic carbocycles. The van der Waals surface area contributed by atoms with Gasteiger partial charge >= 0.3 is 12.1 Å². The first-order valence-corrected chi connectivity index (χ1v) is 11.0. The summed E-state index contributed by atoms with van der Waals surface area (Å²) in [7, 11) is 5.13. The fourth-order valence-electron chi connectivity index (χ4n) is 4.08. The highest BCUT2D eigenvalue weighted by molar-refractivity contribution is 6.31. The largest absolute Gasteiger partial charge is 0.427 e. The highest BCUT2D eigenvalue weighted by Gasteiger charge is 2.48. The Labute approximate surface area is 201 Å². The molecule has 1 aliphatic rings. The molecule has 0 bridgehead atoms. The Hall–Kier alpha value is -1.83. The molecular formula is C23H34Cl2N2O5. The van der Waals surface area contributed by atoms with Crippen LogP contribution in [0, 0.1) is 5.92 Å². The topological polar surface area (TPSA) is 76.1 Å². The van der Waals surface area contributed by atoms with Crippen molar-refractivity contribution in [2.24, 2.45) is 5.92 Å². The number of amides is 1. The zero-order valence-corrected chi connectivity index (χ0v) is 21.0. The van der Waals surface area contributed by atoms with Crippen molar-refractivity contribution in [2.45, 2.75) is 57.5 Å². The Morgan fingerprint density at radius 3 is 2.34 bits per heavy atom. The minimum atomic E-state index is -1.19. The van der Waals surface area contributed by atoms with Gasteiger partial charge in [0.2, 0.25) is 6.79 Å². The van der Waals surface area contributed by atoms with Crippen LogP contribution in [0.25, 0.3) is 0 Å². The highest BCUT2D eigenvalue weighted by Crippen LogP contribution is 2.42. The Balaban J connectivity index is 0.00000512. The van der Waals surface area contributed by atoms with Gasteiger partial charge in [-0.1, -0.05) is 43.6 Å². The second-order valence-corrected chi connectivity index (χ2v) is 9.04. The molecule has 1 aliphatic carbocycles. The van der Waals surface area contributed by atoms with E-state index >= 15 is 0 Å². The van der Waals surface area contributed by atoms with E-state index in [1.54, 1.807) is 43.3 Å². The van der Waals surface area contributed by atoms with E-state index in [1.165, 1.54) is 11.9 Å². The molecule has 1 unspecified atom stereocenters. The van der Waals surface area contributed by atoms with Gasteiger partial charge in [0.15, 0.2) is 5.78 Å². The third kappa shape index (κ3) is 6.36. The van der Waals surface area contributed by atoms with Crippen LogP contribution in [0.15, 0.2) is 24.3 Å². The molecule has 9 heteroatoms. The summed E-state index contributed by atoms with van der Waals surface area (Å²) in [5.74, 6) is -0.224. The van der Waals surface area contributed by atoms with Gasteiger partial charge in [-0.3, -0.25) is 19.4 Å². The molecule has 1 aromatic rings. The van der Waals surface area contributed by atoms with Crippen LogP contribution in [0.4, 0.5) is 4.79 Å². The average Bonchev–Trinajstić information content (AvgIpc) is 2.72. The number of carbonyl (C=O) groups excluding carboxylic acids is 3. The first-order chi connectivity index (χ1) is 14.6. The third-order valence-corrected chi connectivity index (χ3v) is 6.12. The van der Waals surface area contributed by atoms with Gasteiger partial charge in [-0.25, -0.2) is 4.79 Å². The quantitative estimate of drug-likeness (QED) is 0.391. The summed E-state index contributed by atoms with van der Waals surface area (Å²) in [6.07, 6.45) is 2.25. The van der Waals surface area contributed by atoms with E-state index in [1.807, 2.05) is 13.8 Å². The van der Waals surface area contributed by atoms with Gasteiger partial charge in [0.05, 0.1) is 0 Å². The average molecular weight is 489 g/mol. The summed E-state index contributed by atoms with van der Waals surface area (Å²) in [5.41, 5.74) is -0.607. The van der Waals surface area contributed by atoms with Crippen molar-refractivity contribution in [2.75, 3.05) is 27.9 Å². The molecule has 1 amide bonds. The fourth-order valence-corrected chi connectivity index (χ4v) is 4.37. The Morgan fingerprint density at radius 2 is 1.78 bits per heavy atom. The summed E-state index contributed by atoms with van der Waals surface area (Å²) in [6.45, 7) is 3.53. The lowest BCUT2D eigenvalue weighted by Crippen LogP contribution is -2.54. The molecule has 0 radical (unpaired) electrons. The molecule has 2 atom stereocenters. The van der Waals surface area contributed by atoms with E-state index in [9.17, 15) is 14.4 Å². The van der Waals surface area contributed by atoms with Gasteiger partial charge in [0, 0.05) is 24.1 Å². The maximum absolute atomic E-state index is 13.1. The number of ether oxygens (including phenoxy) is 2. The molecule has 0 heterocycles. The molecule has 0 aromatic heterocycles. The number of benzene rings is 1. The molecule has 0 aliphatic heterocycles. The van der Waals surface area contributed by atoms with Crippen molar-refractivity contribution >= 4 is 41.9 Å². The lowest BCUT2D eigenvalue weighted by atomic mass is 9.74. The van der Waals surface area contributed by atoms with Crippen molar-refractivity contribution in [1.82, 2.24) is 9.80 Å². The van der Waals surface area contributed by atoms with Gasteiger partial charge in [-0.2, -0.15) is 0 Å². The summed E-state index contributed by atoms with van der Waals surface area (Å²) in [6, 6.07) is 6.62. The van der Waals surface area contributed by atoms with Gasteiger partial charge in [-0.15, -0.1) is 12.4 Å². The number of carbonyl (C=O) groups is 3. The van der Waals surface area contributed by atoms with E-state index in [-0.39, 0.29) is 18.2 Å². The molecule has 7 nitrogen and oxygen atoms in total. The molecule has 180 valence electrons. The van der Waals surface area contributed by atoms with Crippen molar-refractivity contribution < 1.29 is 23.9 Å². The van der Waals surface area contributed by atoms with Crippen molar-refractivity contribution in [3.05, 3.63) is 34.9 Å². The molecule has 1 fully saturated rings. The highest BCUT2D eigenvalue weighted by atomic mass is 35.5. The summed E-state index contributed by atoms with van der Waals surface area (Å²) < 4.78 is 10.4. The number of likely N-dealkylation sites (N-methyl/N-ethyl adjacent to an activating group) is 2. The van der Waals surface area contributed by atoms with Crippen LogP contribution in [-0.2, 0) is 24.6 Å². The zero-order chi connectivity index (χ0) is 23.2. The lowest BCUT2D eigenvalue weighted by molar-refractivity contribution is -0.159. The minimum absolute atomic E-state index is 0. The van der Waals surface area contributed by atoms with E-state index in [2.05, 4.69) is 0 Å². The number of Topliss-reactive ketones (excluding diaryl/α,β-unsaturated/α-hetero) is 1. The van der Waals surface area contributed by atoms with Crippen LogP contribution in [0.5, 0.6) is 0 Å². The zero-order valence-electron chi connectivity index (χ0n) is 19.4. The third-order valence-electron chi connectivity index (χ3n) is 5.79. The summed E-state index contributed by atoms with van der Waals surface area (Å²) >= 11 is 6.41. The second kappa shape index (κ2) is 12.4. The number of esters is 1. The maximum atomic E-state index is 13.1. The first-order valence-electron chi connectivity index (χ1n) is 10.6. The first kappa shape index (κ1) is 28.2. The standard InChI is InChI=1S/C23H33ClN2O5.ClH/c1-16(2)14-19(25(3)4)21(28)30-15-31-22(29)26(5)23(13-9-8-12-20(23)27)17-10-6-7-11-18(17)24;/h6-7,10-11,16,19H,8-9,12-15H2,1-5H3;1H/t19?,23-;/m0./s1. The normalized spacial score (nSPS) is 19.3. The van der Waals surface area contributed by atoms with E-state index < -0.39 is 30.4 Å². The van der Waals surface area contributed by atoms with Crippen molar-refractivity contribution in [3.63, 3.8) is 0 Å². The van der Waals surface area contributed by atoms with E-state index in [0.29, 0.717) is 35.8 Å². The molecule has 0 saturated heterocycles. The van der Waals surface area contributed by atoms with Crippen molar-refractivity contribution in [3.8, 4) is 0 Å².